The monoisotopic (exact) mass is 308 g/mol. The van der Waals surface area contributed by atoms with Crippen molar-refractivity contribution in [1.82, 2.24) is 10.2 Å². The van der Waals surface area contributed by atoms with Gasteiger partial charge in [0.2, 0.25) is 11.8 Å². The Hall–Kier alpha value is -1.06. The van der Waals surface area contributed by atoms with Crippen LogP contribution in [0, 0.1) is 11.3 Å². The van der Waals surface area contributed by atoms with Gasteiger partial charge < -0.3 is 10.2 Å². The first-order valence-corrected chi connectivity index (χ1v) is 8.86. The molecular weight excluding hydrogens is 276 g/mol. The van der Waals surface area contributed by atoms with Crippen molar-refractivity contribution in [3.63, 3.8) is 0 Å². The zero-order chi connectivity index (χ0) is 16.3. The fourth-order valence-electron chi connectivity index (χ4n) is 3.59. The molecule has 2 aliphatic rings. The maximum atomic E-state index is 12.6. The van der Waals surface area contributed by atoms with Crippen LogP contribution < -0.4 is 5.32 Å². The largest absolute Gasteiger partial charge is 0.352 e. The highest BCUT2D eigenvalue weighted by atomic mass is 16.2. The summed E-state index contributed by atoms with van der Waals surface area (Å²) in [6.07, 6.45) is 6.81. The van der Waals surface area contributed by atoms with Gasteiger partial charge in [-0.15, -0.1) is 0 Å². The van der Waals surface area contributed by atoms with E-state index < -0.39 is 0 Å². The van der Waals surface area contributed by atoms with E-state index in [0.717, 1.165) is 38.1 Å². The molecule has 4 nitrogen and oxygen atoms in total. The second-order valence-electron chi connectivity index (χ2n) is 8.45. The molecule has 0 aromatic carbocycles. The summed E-state index contributed by atoms with van der Waals surface area (Å²) in [5.41, 5.74) is -0.0276. The lowest BCUT2D eigenvalue weighted by atomic mass is 9.87. The van der Waals surface area contributed by atoms with E-state index in [1.807, 2.05) is 4.90 Å². The minimum atomic E-state index is -0.241. The van der Waals surface area contributed by atoms with Crippen molar-refractivity contribution < 1.29 is 9.59 Å². The van der Waals surface area contributed by atoms with Gasteiger partial charge in [-0.2, -0.15) is 0 Å². The molecule has 0 aromatic heterocycles. The number of nitrogens with zero attached hydrogens (tertiary/aromatic N) is 1. The molecule has 0 radical (unpaired) electrons. The third-order valence-electron chi connectivity index (χ3n) is 4.92. The normalized spacial score (nSPS) is 29.5. The minimum Gasteiger partial charge on any atom is -0.352 e. The maximum absolute atomic E-state index is 12.6. The molecule has 4 heteroatoms. The summed E-state index contributed by atoms with van der Waals surface area (Å²) in [7, 11) is 0. The molecule has 1 aliphatic carbocycles. The van der Waals surface area contributed by atoms with Gasteiger partial charge in [-0.25, -0.2) is 0 Å². The Morgan fingerprint density at radius 2 is 1.73 bits per heavy atom. The summed E-state index contributed by atoms with van der Waals surface area (Å²) >= 11 is 0. The molecule has 1 N–H and O–H groups in total. The van der Waals surface area contributed by atoms with Crippen molar-refractivity contribution in [2.24, 2.45) is 11.3 Å². The highest BCUT2D eigenvalue weighted by Crippen LogP contribution is 2.26. The van der Waals surface area contributed by atoms with Crippen molar-refractivity contribution in [1.29, 1.82) is 0 Å². The first-order chi connectivity index (χ1) is 10.3. The lowest BCUT2D eigenvalue weighted by Crippen LogP contribution is -2.49. The molecule has 1 saturated heterocycles. The number of likely N-dealkylation sites (tertiary alicyclic amines) is 1. The fraction of sp³-hybridized carbons (Fsp3) is 0.889. The molecule has 2 rings (SSSR count). The smallest absolute Gasteiger partial charge is 0.243 e. The predicted octanol–water partition coefficient (Wildman–Crippen LogP) is 3.11. The lowest BCUT2D eigenvalue weighted by molar-refractivity contribution is -0.140. The molecule has 0 bridgehead atoms. The first-order valence-electron chi connectivity index (χ1n) is 8.86. The summed E-state index contributed by atoms with van der Waals surface area (Å²) in [4.78, 5) is 26.8. The standard InChI is InChI=1S/C18H32N2O2/c1-13-7-9-14(10-8-13)19-17(22)15-6-5-11-20(15)16(21)12-18(2,3)4/h13-15H,5-12H2,1-4H3,(H,19,22). The van der Waals surface area contributed by atoms with Gasteiger partial charge in [0.15, 0.2) is 0 Å². The van der Waals surface area contributed by atoms with Gasteiger partial charge in [0.1, 0.15) is 6.04 Å². The van der Waals surface area contributed by atoms with Crippen LogP contribution in [0.25, 0.3) is 0 Å². The summed E-state index contributed by atoms with van der Waals surface area (Å²) in [5.74, 6) is 0.978. The Kier molecular flexibility index (Phi) is 5.51. The molecule has 1 saturated carbocycles. The van der Waals surface area contributed by atoms with Crippen LogP contribution in [0.2, 0.25) is 0 Å². The highest BCUT2D eigenvalue weighted by molar-refractivity contribution is 5.88. The number of rotatable bonds is 3. The quantitative estimate of drug-likeness (QED) is 0.871. The Labute approximate surface area is 135 Å². The molecular formula is C18H32N2O2. The topological polar surface area (TPSA) is 49.4 Å². The number of hydrogen-bond donors (Lipinski definition) is 1. The van der Waals surface area contributed by atoms with Gasteiger partial charge in [-0.3, -0.25) is 9.59 Å². The molecule has 0 aromatic rings. The summed E-state index contributed by atoms with van der Waals surface area (Å²) in [6.45, 7) is 9.22. The van der Waals surface area contributed by atoms with E-state index in [1.165, 1.54) is 12.8 Å². The number of carbonyl (C=O) groups is 2. The molecule has 2 amide bonds. The summed E-state index contributed by atoms with van der Waals surface area (Å²) in [6, 6.07) is 0.0677. The zero-order valence-electron chi connectivity index (χ0n) is 14.7. The number of carbonyl (C=O) groups excluding carboxylic acids is 2. The van der Waals surface area contributed by atoms with Crippen LogP contribution in [-0.2, 0) is 9.59 Å². The second-order valence-corrected chi connectivity index (χ2v) is 8.45. The van der Waals surface area contributed by atoms with E-state index in [2.05, 4.69) is 33.0 Å². The molecule has 1 atom stereocenters. The number of amides is 2. The van der Waals surface area contributed by atoms with Gasteiger partial charge in [0.25, 0.3) is 0 Å². The molecule has 1 unspecified atom stereocenters. The van der Waals surface area contributed by atoms with Crippen LogP contribution in [-0.4, -0.2) is 35.3 Å². The lowest BCUT2D eigenvalue weighted by Gasteiger charge is -2.31. The van der Waals surface area contributed by atoms with Crippen LogP contribution in [0.3, 0.4) is 0 Å². The SMILES string of the molecule is CC1CCC(NC(=O)C2CCCN2C(=O)CC(C)(C)C)CC1. The fourth-order valence-corrected chi connectivity index (χ4v) is 3.59. The van der Waals surface area contributed by atoms with E-state index in [-0.39, 0.29) is 23.3 Å². The molecule has 0 spiro atoms. The van der Waals surface area contributed by atoms with Gasteiger partial charge in [-0.05, 0) is 49.9 Å². The number of hydrogen-bond acceptors (Lipinski definition) is 2. The maximum Gasteiger partial charge on any atom is 0.243 e. The van der Waals surface area contributed by atoms with Crippen LogP contribution >= 0.6 is 0 Å². The van der Waals surface area contributed by atoms with Crippen molar-refractivity contribution in [3.05, 3.63) is 0 Å². The van der Waals surface area contributed by atoms with E-state index in [0.29, 0.717) is 12.5 Å². The molecule has 1 heterocycles. The average molecular weight is 308 g/mol. The third-order valence-corrected chi connectivity index (χ3v) is 4.92. The molecule has 1 aliphatic heterocycles. The average Bonchev–Trinajstić information content (AvgIpc) is 2.89. The predicted molar refractivity (Wildman–Crippen MR) is 88.4 cm³/mol. The van der Waals surface area contributed by atoms with Gasteiger partial charge in [0.05, 0.1) is 0 Å². The van der Waals surface area contributed by atoms with Gasteiger partial charge >= 0.3 is 0 Å². The van der Waals surface area contributed by atoms with E-state index in [9.17, 15) is 9.59 Å². The van der Waals surface area contributed by atoms with Gasteiger partial charge in [0, 0.05) is 19.0 Å². The Morgan fingerprint density at radius 3 is 2.32 bits per heavy atom. The van der Waals surface area contributed by atoms with Crippen molar-refractivity contribution in [2.45, 2.75) is 84.7 Å². The molecule has 126 valence electrons. The third kappa shape index (κ3) is 4.72. The van der Waals surface area contributed by atoms with Crippen molar-refractivity contribution in [3.8, 4) is 0 Å². The van der Waals surface area contributed by atoms with E-state index in [4.69, 9.17) is 0 Å². The van der Waals surface area contributed by atoms with Crippen LogP contribution in [0.5, 0.6) is 0 Å². The van der Waals surface area contributed by atoms with Gasteiger partial charge in [-0.1, -0.05) is 27.7 Å². The Balaban J connectivity index is 1.89. The zero-order valence-corrected chi connectivity index (χ0v) is 14.7. The second kappa shape index (κ2) is 7.01. The summed E-state index contributed by atoms with van der Waals surface area (Å²) in [5, 5.41) is 3.20. The first kappa shape index (κ1) is 17.3. The highest BCUT2D eigenvalue weighted by Gasteiger charge is 2.36. The van der Waals surface area contributed by atoms with Crippen molar-refractivity contribution >= 4 is 11.8 Å². The van der Waals surface area contributed by atoms with Crippen LogP contribution in [0.15, 0.2) is 0 Å². The molecule has 2 fully saturated rings. The van der Waals surface area contributed by atoms with Crippen LogP contribution in [0.4, 0.5) is 0 Å². The Bertz CT molecular complexity index is 406. The minimum absolute atomic E-state index is 0.0276. The Morgan fingerprint density at radius 1 is 1.09 bits per heavy atom. The van der Waals surface area contributed by atoms with Crippen LogP contribution in [0.1, 0.15) is 72.6 Å². The van der Waals surface area contributed by atoms with E-state index >= 15 is 0 Å². The van der Waals surface area contributed by atoms with Crippen molar-refractivity contribution in [2.75, 3.05) is 6.54 Å². The summed E-state index contributed by atoms with van der Waals surface area (Å²) < 4.78 is 0. The van der Waals surface area contributed by atoms with E-state index in [1.54, 1.807) is 0 Å². The number of nitrogens with one attached hydrogen (secondary N) is 1. The molecule has 22 heavy (non-hydrogen) atoms.